The number of carbonyl (C=O) groups is 1. The molecule has 1 rings (SSSR count). The third-order valence-corrected chi connectivity index (χ3v) is 3.15. The van der Waals surface area contributed by atoms with Gasteiger partial charge in [-0.05, 0) is 24.7 Å². The summed E-state index contributed by atoms with van der Waals surface area (Å²) in [6.07, 6.45) is 0.934. The molecule has 0 fully saturated rings. The zero-order valence-electron chi connectivity index (χ0n) is 10.1. The second-order valence-electron chi connectivity index (χ2n) is 4.17. The molecule has 1 aromatic carbocycles. The molecule has 3 heteroatoms. The molecule has 0 heterocycles. The molecule has 0 aliphatic heterocycles. The van der Waals surface area contributed by atoms with E-state index in [9.17, 15) is 4.79 Å². The van der Waals surface area contributed by atoms with Crippen molar-refractivity contribution in [2.45, 2.75) is 30.5 Å². The minimum Gasteiger partial charge on any atom is -0.302 e. The minimum absolute atomic E-state index is 0.489. The third-order valence-electron chi connectivity index (χ3n) is 2.13. The van der Waals surface area contributed by atoms with Gasteiger partial charge in [-0.1, -0.05) is 26.0 Å². The lowest BCUT2D eigenvalue weighted by molar-refractivity contribution is -0.108. The highest BCUT2D eigenvalue weighted by Gasteiger charge is 2.01. The SMILES string of the molecule is CC(C)Sc1ccc(CN(C)CC=O)cc1. The van der Waals surface area contributed by atoms with Gasteiger partial charge in [0.2, 0.25) is 0 Å². The van der Waals surface area contributed by atoms with Crippen LogP contribution in [0.25, 0.3) is 0 Å². The van der Waals surface area contributed by atoms with Crippen LogP contribution in [0, 0.1) is 0 Å². The van der Waals surface area contributed by atoms with Gasteiger partial charge >= 0.3 is 0 Å². The molecule has 0 atom stereocenters. The highest BCUT2D eigenvalue weighted by atomic mass is 32.2. The predicted octanol–water partition coefficient (Wildman–Crippen LogP) is 2.82. The Kier molecular flexibility index (Phi) is 5.56. The quantitative estimate of drug-likeness (QED) is 0.560. The lowest BCUT2D eigenvalue weighted by atomic mass is 10.2. The van der Waals surface area contributed by atoms with Crippen molar-refractivity contribution in [1.82, 2.24) is 4.90 Å². The van der Waals surface area contributed by atoms with E-state index < -0.39 is 0 Å². The lowest BCUT2D eigenvalue weighted by Crippen LogP contribution is -2.19. The van der Waals surface area contributed by atoms with Gasteiger partial charge in [-0.15, -0.1) is 11.8 Å². The van der Waals surface area contributed by atoms with E-state index in [2.05, 4.69) is 38.1 Å². The molecular formula is C13H19NOS. The Hall–Kier alpha value is -0.800. The maximum absolute atomic E-state index is 10.3. The summed E-state index contributed by atoms with van der Waals surface area (Å²) in [6.45, 7) is 5.70. The van der Waals surface area contributed by atoms with E-state index in [1.807, 2.05) is 23.7 Å². The Bertz CT molecular complexity index is 321. The van der Waals surface area contributed by atoms with E-state index in [1.165, 1.54) is 10.5 Å². The number of benzene rings is 1. The first-order chi connectivity index (χ1) is 7.61. The van der Waals surface area contributed by atoms with E-state index >= 15 is 0 Å². The zero-order chi connectivity index (χ0) is 12.0. The number of nitrogens with zero attached hydrogens (tertiary/aromatic N) is 1. The summed E-state index contributed by atoms with van der Waals surface area (Å²) >= 11 is 1.87. The van der Waals surface area contributed by atoms with Crippen LogP contribution < -0.4 is 0 Å². The first kappa shape index (κ1) is 13.3. The molecule has 0 aliphatic carbocycles. The molecular weight excluding hydrogens is 218 g/mol. The molecule has 0 radical (unpaired) electrons. The zero-order valence-corrected chi connectivity index (χ0v) is 11.0. The Labute approximate surface area is 102 Å². The first-order valence-electron chi connectivity index (χ1n) is 5.49. The summed E-state index contributed by atoms with van der Waals surface area (Å²) in [7, 11) is 1.95. The Morgan fingerprint density at radius 1 is 1.31 bits per heavy atom. The molecule has 0 aromatic heterocycles. The van der Waals surface area contributed by atoms with Crippen LogP contribution in [-0.4, -0.2) is 30.0 Å². The second kappa shape index (κ2) is 6.71. The summed E-state index contributed by atoms with van der Waals surface area (Å²) in [5.74, 6) is 0. The van der Waals surface area contributed by atoms with Crippen molar-refractivity contribution in [3.63, 3.8) is 0 Å². The molecule has 0 spiro atoms. The van der Waals surface area contributed by atoms with Crippen LogP contribution in [0.3, 0.4) is 0 Å². The van der Waals surface area contributed by atoms with Gasteiger partial charge in [0, 0.05) is 16.7 Å². The number of likely N-dealkylation sites (N-methyl/N-ethyl adjacent to an activating group) is 1. The summed E-state index contributed by atoms with van der Waals surface area (Å²) in [5, 5.41) is 0.614. The summed E-state index contributed by atoms with van der Waals surface area (Å²) in [5.41, 5.74) is 1.25. The first-order valence-corrected chi connectivity index (χ1v) is 6.37. The molecule has 0 unspecified atom stereocenters. The van der Waals surface area contributed by atoms with Crippen LogP contribution in [0.4, 0.5) is 0 Å². The van der Waals surface area contributed by atoms with Crippen LogP contribution in [0.2, 0.25) is 0 Å². The van der Waals surface area contributed by atoms with Crippen molar-refractivity contribution in [1.29, 1.82) is 0 Å². The average Bonchev–Trinajstić information content (AvgIpc) is 2.20. The second-order valence-corrected chi connectivity index (χ2v) is 5.82. The van der Waals surface area contributed by atoms with E-state index in [1.54, 1.807) is 0 Å². The van der Waals surface area contributed by atoms with Crippen molar-refractivity contribution in [3.05, 3.63) is 29.8 Å². The normalized spacial score (nSPS) is 11.1. The van der Waals surface area contributed by atoms with Gasteiger partial charge in [-0.3, -0.25) is 4.90 Å². The fraction of sp³-hybridized carbons (Fsp3) is 0.462. The number of thioether (sulfide) groups is 1. The molecule has 0 saturated heterocycles. The van der Waals surface area contributed by atoms with Gasteiger partial charge in [-0.25, -0.2) is 0 Å². The lowest BCUT2D eigenvalue weighted by Gasteiger charge is -2.13. The van der Waals surface area contributed by atoms with Crippen LogP contribution >= 0.6 is 11.8 Å². The molecule has 1 aromatic rings. The van der Waals surface area contributed by atoms with Gasteiger partial charge in [0.05, 0.1) is 6.54 Å². The van der Waals surface area contributed by atoms with Gasteiger partial charge < -0.3 is 4.79 Å². The molecule has 0 amide bonds. The van der Waals surface area contributed by atoms with Crippen LogP contribution in [0.5, 0.6) is 0 Å². The summed E-state index contributed by atoms with van der Waals surface area (Å²) < 4.78 is 0. The fourth-order valence-electron chi connectivity index (χ4n) is 1.45. The van der Waals surface area contributed by atoms with E-state index in [4.69, 9.17) is 0 Å². The van der Waals surface area contributed by atoms with Gasteiger partial charge in [-0.2, -0.15) is 0 Å². The Morgan fingerprint density at radius 3 is 2.44 bits per heavy atom. The molecule has 0 bridgehead atoms. The number of carbonyl (C=O) groups excluding carboxylic acids is 1. The highest BCUT2D eigenvalue weighted by molar-refractivity contribution is 7.99. The Morgan fingerprint density at radius 2 is 1.94 bits per heavy atom. The topological polar surface area (TPSA) is 20.3 Å². The molecule has 2 nitrogen and oxygen atoms in total. The number of rotatable bonds is 6. The molecule has 0 N–H and O–H groups in total. The summed E-state index contributed by atoms with van der Waals surface area (Å²) in [6, 6.07) is 8.56. The van der Waals surface area contributed by atoms with Crippen LogP contribution in [0.15, 0.2) is 29.2 Å². The van der Waals surface area contributed by atoms with Crippen molar-refractivity contribution in [2.75, 3.05) is 13.6 Å². The standard InChI is InChI=1S/C13H19NOS/c1-11(2)16-13-6-4-12(5-7-13)10-14(3)8-9-15/h4-7,9,11H,8,10H2,1-3H3. The predicted molar refractivity (Wildman–Crippen MR) is 69.8 cm³/mol. The molecule has 0 saturated carbocycles. The smallest absolute Gasteiger partial charge is 0.133 e. The monoisotopic (exact) mass is 237 g/mol. The van der Waals surface area contributed by atoms with Gasteiger partial charge in [0.15, 0.2) is 0 Å². The molecule has 88 valence electrons. The van der Waals surface area contributed by atoms with E-state index in [0.29, 0.717) is 11.8 Å². The van der Waals surface area contributed by atoms with Crippen molar-refractivity contribution >= 4 is 18.0 Å². The molecule has 16 heavy (non-hydrogen) atoms. The molecule has 0 aliphatic rings. The van der Waals surface area contributed by atoms with E-state index in [-0.39, 0.29) is 0 Å². The van der Waals surface area contributed by atoms with Gasteiger partial charge in [0.25, 0.3) is 0 Å². The maximum Gasteiger partial charge on any atom is 0.133 e. The highest BCUT2D eigenvalue weighted by Crippen LogP contribution is 2.23. The van der Waals surface area contributed by atoms with E-state index in [0.717, 1.165) is 12.8 Å². The third kappa shape index (κ3) is 4.81. The number of hydrogen-bond acceptors (Lipinski definition) is 3. The largest absolute Gasteiger partial charge is 0.302 e. The number of aldehydes is 1. The Balaban J connectivity index is 2.54. The van der Waals surface area contributed by atoms with Crippen LogP contribution in [0.1, 0.15) is 19.4 Å². The van der Waals surface area contributed by atoms with Crippen molar-refractivity contribution in [3.8, 4) is 0 Å². The fourth-order valence-corrected chi connectivity index (χ4v) is 2.29. The number of hydrogen-bond donors (Lipinski definition) is 0. The van der Waals surface area contributed by atoms with Gasteiger partial charge in [0.1, 0.15) is 6.29 Å². The minimum atomic E-state index is 0.489. The van der Waals surface area contributed by atoms with Crippen molar-refractivity contribution in [2.24, 2.45) is 0 Å². The average molecular weight is 237 g/mol. The van der Waals surface area contributed by atoms with Crippen LogP contribution in [-0.2, 0) is 11.3 Å². The van der Waals surface area contributed by atoms with Crippen molar-refractivity contribution < 1.29 is 4.79 Å². The maximum atomic E-state index is 10.3. The summed E-state index contributed by atoms with van der Waals surface area (Å²) in [4.78, 5) is 13.6.